The Labute approximate surface area is 198 Å². The summed E-state index contributed by atoms with van der Waals surface area (Å²) in [6, 6.07) is 11.7. The van der Waals surface area contributed by atoms with E-state index in [0.717, 1.165) is 22.5 Å². The van der Waals surface area contributed by atoms with Gasteiger partial charge in [0, 0.05) is 28.5 Å². The highest BCUT2D eigenvalue weighted by Gasteiger charge is 2.15. The van der Waals surface area contributed by atoms with Gasteiger partial charge in [-0.15, -0.1) is 5.10 Å². The van der Waals surface area contributed by atoms with E-state index in [-0.39, 0.29) is 16.7 Å². The molecule has 0 saturated heterocycles. The van der Waals surface area contributed by atoms with E-state index in [1.54, 1.807) is 4.52 Å². The minimum Gasteiger partial charge on any atom is -0.325 e. The Morgan fingerprint density at radius 3 is 2.72 bits per heavy atom. The van der Waals surface area contributed by atoms with Crippen LogP contribution >= 0.6 is 35.0 Å². The van der Waals surface area contributed by atoms with Gasteiger partial charge >= 0.3 is 0 Å². The summed E-state index contributed by atoms with van der Waals surface area (Å²) in [5.41, 5.74) is 4.34. The number of carbonyl (C=O) groups excluding carboxylic acids is 1. The highest BCUT2D eigenvalue weighted by Crippen LogP contribution is 2.23. The lowest BCUT2D eigenvalue weighted by molar-refractivity contribution is -0.113. The van der Waals surface area contributed by atoms with E-state index in [2.05, 4.69) is 20.4 Å². The number of hydrogen-bond donors (Lipinski definition) is 1. The minimum absolute atomic E-state index is 0.0528. The number of nitrogens with zero attached hydrogens (tertiary/aromatic N) is 4. The van der Waals surface area contributed by atoms with Crippen molar-refractivity contribution in [3.05, 3.63) is 80.8 Å². The third-order valence-corrected chi connectivity index (χ3v) is 6.20. The summed E-state index contributed by atoms with van der Waals surface area (Å²) >= 11 is 13.0. The van der Waals surface area contributed by atoms with Crippen LogP contribution in [-0.4, -0.2) is 31.2 Å². The second-order valence-electron chi connectivity index (χ2n) is 7.14. The fourth-order valence-electron chi connectivity index (χ4n) is 3.26. The van der Waals surface area contributed by atoms with Crippen molar-refractivity contribution in [2.24, 2.45) is 0 Å². The monoisotopic (exact) mass is 489 g/mol. The molecule has 1 N–H and O–H groups in total. The van der Waals surface area contributed by atoms with Gasteiger partial charge in [0.15, 0.2) is 0 Å². The molecule has 4 rings (SSSR count). The molecular weight excluding hydrogens is 472 g/mol. The van der Waals surface area contributed by atoms with Gasteiger partial charge in [0.05, 0.1) is 10.8 Å². The number of aryl methyl sites for hydroxylation is 2. The Hall–Kier alpha value is -2.68. The first-order valence-corrected chi connectivity index (χ1v) is 11.4. The highest BCUT2D eigenvalue weighted by atomic mass is 35.5. The van der Waals surface area contributed by atoms with Crippen LogP contribution in [0.1, 0.15) is 22.5 Å². The molecule has 32 heavy (non-hydrogen) atoms. The topological polar surface area (TPSA) is 72.2 Å². The predicted octanol–water partition coefficient (Wildman–Crippen LogP) is 5.51. The molecule has 0 aliphatic rings. The van der Waals surface area contributed by atoms with Crippen molar-refractivity contribution in [3.63, 3.8) is 0 Å². The molecule has 0 atom stereocenters. The van der Waals surface area contributed by atoms with Crippen LogP contribution < -0.4 is 5.32 Å². The number of thioether (sulfide) groups is 1. The zero-order chi connectivity index (χ0) is 22.8. The molecule has 0 aliphatic carbocycles. The first-order chi connectivity index (χ1) is 15.3. The van der Waals surface area contributed by atoms with Gasteiger partial charge in [-0.2, -0.15) is 4.98 Å². The summed E-state index contributed by atoms with van der Waals surface area (Å²) in [5.74, 6) is -0.262. The number of halogens is 3. The summed E-state index contributed by atoms with van der Waals surface area (Å²) in [7, 11) is 0. The van der Waals surface area contributed by atoms with Gasteiger partial charge in [-0.1, -0.05) is 47.1 Å². The van der Waals surface area contributed by atoms with Gasteiger partial charge < -0.3 is 5.32 Å². The molecule has 0 bridgehead atoms. The average molecular weight is 490 g/mol. The van der Waals surface area contributed by atoms with E-state index in [1.807, 2.05) is 38.1 Å². The van der Waals surface area contributed by atoms with Crippen molar-refractivity contribution in [2.75, 3.05) is 11.1 Å². The van der Waals surface area contributed by atoms with Crippen LogP contribution in [0.4, 0.5) is 10.1 Å². The molecule has 2 aromatic carbocycles. The van der Waals surface area contributed by atoms with Crippen molar-refractivity contribution >= 4 is 52.3 Å². The van der Waals surface area contributed by atoms with Crippen LogP contribution in [-0.2, 0) is 11.2 Å². The molecule has 4 aromatic rings. The van der Waals surface area contributed by atoms with Crippen molar-refractivity contribution in [3.8, 4) is 0 Å². The zero-order valence-corrected chi connectivity index (χ0v) is 19.5. The molecule has 6 nitrogen and oxygen atoms in total. The molecule has 10 heteroatoms. The zero-order valence-electron chi connectivity index (χ0n) is 17.2. The molecule has 0 fully saturated rings. The van der Waals surface area contributed by atoms with Crippen LogP contribution in [0.25, 0.3) is 5.78 Å². The highest BCUT2D eigenvalue weighted by molar-refractivity contribution is 7.99. The summed E-state index contributed by atoms with van der Waals surface area (Å²) in [6.45, 7) is 3.91. The van der Waals surface area contributed by atoms with E-state index < -0.39 is 5.82 Å². The summed E-state index contributed by atoms with van der Waals surface area (Å²) in [6.07, 6.45) is 0.673. The lowest BCUT2D eigenvalue weighted by atomic mass is 10.0. The Morgan fingerprint density at radius 1 is 1.16 bits per heavy atom. The van der Waals surface area contributed by atoms with Crippen LogP contribution in [0.5, 0.6) is 0 Å². The van der Waals surface area contributed by atoms with Gasteiger partial charge in [0.1, 0.15) is 5.82 Å². The first-order valence-electron chi connectivity index (χ1n) is 9.65. The normalized spacial score (nSPS) is 11.2. The van der Waals surface area contributed by atoms with Gasteiger partial charge in [0.25, 0.3) is 5.78 Å². The number of carbonyl (C=O) groups is 1. The van der Waals surface area contributed by atoms with Crippen molar-refractivity contribution in [1.82, 2.24) is 19.6 Å². The SMILES string of the molecule is Cc1nc2nc(SCC(=O)Nc3ccc(F)c(Cl)c3)nn2c(C)c1Cc1cccc(Cl)c1. The number of rotatable bonds is 6. The fraction of sp³-hybridized carbons (Fsp3) is 0.182. The van der Waals surface area contributed by atoms with E-state index in [4.69, 9.17) is 23.2 Å². The quantitative estimate of drug-likeness (QED) is 0.361. The third kappa shape index (κ3) is 5.03. The number of fused-ring (bicyclic) bond motifs is 1. The van der Waals surface area contributed by atoms with Crippen LogP contribution in [0, 0.1) is 19.7 Å². The summed E-state index contributed by atoms with van der Waals surface area (Å²) in [4.78, 5) is 21.3. The van der Waals surface area contributed by atoms with E-state index in [1.165, 1.54) is 30.0 Å². The van der Waals surface area contributed by atoms with E-state index in [9.17, 15) is 9.18 Å². The summed E-state index contributed by atoms with van der Waals surface area (Å²) in [5, 5.41) is 8.25. The maximum absolute atomic E-state index is 13.3. The average Bonchev–Trinajstić information content (AvgIpc) is 3.15. The molecule has 2 aromatic heterocycles. The fourth-order valence-corrected chi connectivity index (χ4v) is 4.27. The lowest BCUT2D eigenvalue weighted by Crippen LogP contribution is -2.14. The number of anilines is 1. The summed E-state index contributed by atoms with van der Waals surface area (Å²) < 4.78 is 14.9. The molecule has 0 unspecified atom stereocenters. The molecule has 1 amide bonds. The second kappa shape index (κ2) is 9.44. The third-order valence-electron chi connectivity index (χ3n) is 4.84. The molecule has 0 spiro atoms. The smallest absolute Gasteiger partial charge is 0.253 e. The largest absolute Gasteiger partial charge is 0.325 e. The molecule has 0 radical (unpaired) electrons. The molecule has 2 heterocycles. The van der Waals surface area contributed by atoms with Crippen LogP contribution in [0.2, 0.25) is 10.0 Å². The van der Waals surface area contributed by atoms with Gasteiger partial charge in [-0.25, -0.2) is 13.9 Å². The molecule has 164 valence electrons. The molecule has 0 aliphatic heterocycles. The van der Waals surface area contributed by atoms with Crippen LogP contribution in [0.3, 0.4) is 0 Å². The number of aromatic nitrogens is 4. The standard InChI is InChI=1S/C22H18Cl2FN5OS/c1-12-17(9-14-4-3-5-15(23)8-14)13(2)30-21(26-12)28-22(29-30)32-11-20(31)27-16-6-7-19(25)18(24)10-16/h3-8,10H,9,11H2,1-2H3,(H,27,31). The van der Waals surface area contributed by atoms with E-state index in [0.29, 0.717) is 28.1 Å². The Balaban J connectivity index is 1.49. The number of amides is 1. The molecular formula is C22H18Cl2FN5OS. The molecule has 0 saturated carbocycles. The lowest BCUT2D eigenvalue weighted by Gasteiger charge is -2.10. The predicted molar refractivity (Wildman–Crippen MR) is 125 cm³/mol. The first kappa shape index (κ1) is 22.5. The maximum Gasteiger partial charge on any atom is 0.253 e. The van der Waals surface area contributed by atoms with Gasteiger partial charge in [0.2, 0.25) is 11.1 Å². The Kier molecular flexibility index (Phi) is 6.64. The van der Waals surface area contributed by atoms with Crippen molar-refractivity contribution < 1.29 is 9.18 Å². The number of hydrogen-bond acceptors (Lipinski definition) is 5. The van der Waals surface area contributed by atoms with Crippen molar-refractivity contribution in [2.45, 2.75) is 25.4 Å². The van der Waals surface area contributed by atoms with E-state index >= 15 is 0 Å². The van der Waals surface area contributed by atoms with Crippen LogP contribution in [0.15, 0.2) is 47.6 Å². The Bertz CT molecular complexity index is 1330. The van der Waals surface area contributed by atoms with Gasteiger partial charge in [-0.3, -0.25) is 4.79 Å². The minimum atomic E-state index is -0.541. The van der Waals surface area contributed by atoms with Crippen molar-refractivity contribution in [1.29, 1.82) is 0 Å². The Morgan fingerprint density at radius 2 is 1.97 bits per heavy atom. The van der Waals surface area contributed by atoms with Gasteiger partial charge in [-0.05, 0) is 55.3 Å². The maximum atomic E-state index is 13.3. The second-order valence-corrected chi connectivity index (χ2v) is 8.93. The number of benzene rings is 2. The number of nitrogens with one attached hydrogen (secondary N) is 1.